The molecule has 0 bridgehead atoms. The third-order valence-electron chi connectivity index (χ3n) is 3.65. The molecule has 0 aliphatic carbocycles. The predicted molar refractivity (Wildman–Crippen MR) is 105 cm³/mol. The molecular weight excluding hydrogens is 364 g/mol. The van der Waals surface area contributed by atoms with Gasteiger partial charge in [-0.1, -0.05) is 41.9 Å². The molecule has 0 heterocycles. The lowest BCUT2D eigenvalue weighted by Gasteiger charge is -2.09. The fourth-order valence-corrected chi connectivity index (χ4v) is 2.49. The molecule has 27 heavy (non-hydrogen) atoms. The fraction of sp³-hybridized carbons (Fsp3) is 0.0476. The third-order valence-corrected chi connectivity index (χ3v) is 3.96. The number of anilines is 1. The van der Waals surface area contributed by atoms with Gasteiger partial charge in [-0.15, -0.1) is 0 Å². The number of nitrogens with one attached hydrogen (secondary N) is 2. The second-order valence-electron chi connectivity index (χ2n) is 5.65. The molecule has 2 N–H and O–H groups in total. The highest BCUT2D eigenvalue weighted by atomic mass is 35.5. The van der Waals surface area contributed by atoms with Gasteiger partial charge < -0.3 is 15.4 Å². The Bertz CT molecular complexity index is 928. The normalized spacial score (nSPS) is 10.1. The summed E-state index contributed by atoms with van der Waals surface area (Å²) in [5.41, 5.74) is 1.10. The van der Waals surface area contributed by atoms with Crippen molar-refractivity contribution in [1.82, 2.24) is 5.32 Å². The highest BCUT2D eigenvalue weighted by molar-refractivity contribution is 6.32. The number of benzene rings is 3. The first-order valence-corrected chi connectivity index (χ1v) is 8.65. The molecule has 0 aliphatic heterocycles. The molecule has 0 radical (unpaired) electrons. The minimum absolute atomic E-state index is 0.119. The number of hydrogen-bond donors (Lipinski definition) is 2. The first-order valence-electron chi connectivity index (χ1n) is 8.27. The predicted octanol–water partition coefficient (Wildman–Crippen LogP) is 4.50. The zero-order valence-corrected chi connectivity index (χ0v) is 15.1. The third kappa shape index (κ3) is 5.33. The summed E-state index contributed by atoms with van der Waals surface area (Å²) < 4.78 is 5.70. The van der Waals surface area contributed by atoms with Crippen molar-refractivity contribution in [2.24, 2.45) is 0 Å². The van der Waals surface area contributed by atoms with E-state index < -0.39 is 0 Å². The van der Waals surface area contributed by atoms with Crippen molar-refractivity contribution in [3.8, 4) is 11.5 Å². The van der Waals surface area contributed by atoms with E-state index in [0.29, 0.717) is 27.8 Å². The van der Waals surface area contributed by atoms with Crippen molar-refractivity contribution in [2.75, 3.05) is 11.9 Å². The zero-order valence-electron chi connectivity index (χ0n) is 14.3. The van der Waals surface area contributed by atoms with Gasteiger partial charge in [0.15, 0.2) is 0 Å². The van der Waals surface area contributed by atoms with Gasteiger partial charge in [0.1, 0.15) is 11.5 Å². The summed E-state index contributed by atoms with van der Waals surface area (Å²) in [6.07, 6.45) is 0. The second kappa shape index (κ2) is 8.87. The molecule has 3 rings (SSSR count). The van der Waals surface area contributed by atoms with Gasteiger partial charge in [0.2, 0.25) is 5.91 Å². The van der Waals surface area contributed by atoms with Crippen LogP contribution in [-0.2, 0) is 4.79 Å². The molecule has 0 atom stereocenters. The van der Waals surface area contributed by atoms with E-state index in [1.54, 1.807) is 60.7 Å². The van der Waals surface area contributed by atoms with E-state index in [1.807, 2.05) is 18.2 Å². The molecule has 0 saturated carbocycles. The molecular formula is C21H17ClN2O3. The molecule has 136 valence electrons. The summed E-state index contributed by atoms with van der Waals surface area (Å²) in [7, 11) is 0. The maximum absolute atomic E-state index is 12.0. The Hall–Kier alpha value is -3.31. The number of rotatable bonds is 6. The van der Waals surface area contributed by atoms with Crippen molar-refractivity contribution < 1.29 is 14.3 Å². The van der Waals surface area contributed by atoms with Gasteiger partial charge in [0, 0.05) is 11.3 Å². The SMILES string of the molecule is O=C(CNC(=O)c1ccccc1)Nc1ccc(Oc2ccccc2Cl)cc1. The van der Waals surface area contributed by atoms with Crippen molar-refractivity contribution in [3.63, 3.8) is 0 Å². The number of carbonyl (C=O) groups is 2. The Morgan fingerprint density at radius 1 is 0.852 bits per heavy atom. The molecule has 0 saturated heterocycles. The summed E-state index contributed by atoms with van der Waals surface area (Å²) in [6.45, 7) is -0.119. The minimum atomic E-state index is -0.320. The number of para-hydroxylation sites is 1. The molecule has 3 aromatic rings. The molecule has 0 aromatic heterocycles. The molecule has 3 aromatic carbocycles. The molecule has 2 amide bonds. The van der Waals surface area contributed by atoms with Gasteiger partial charge >= 0.3 is 0 Å². The largest absolute Gasteiger partial charge is 0.456 e. The molecule has 5 nitrogen and oxygen atoms in total. The lowest BCUT2D eigenvalue weighted by molar-refractivity contribution is -0.115. The lowest BCUT2D eigenvalue weighted by Crippen LogP contribution is -2.32. The van der Waals surface area contributed by atoms with E-state index in [2.05, 4.69) is 10.6 Å². The molecule has 6 heteroatoms. The van der Waals surface area contributed by atoms with Crippen molar-refractivity contribution in [1.29, 1.82) is 0 Å². The first kappa shape index (κ1) is 18.5. The maximum atomic E-state index is 12.0. The molecule has 0 fully saturated rings. The van der Waals surface area contributed by atoms with Crippen LogP contribution in [-0.4, -0.2) is 18.4 Å². The van der Waals surface area contributed by atoms with Gasteiger partial charge in [-0.2, -0.15) is 0 Å². The van der Waals surface area contributed by atoms with Crippen LogP contribution in [0.5, 0.6) is 11.5 Å². The number of halogens is 1. The summed E-state index contributed by atoms with van der Waals surface area (Å²) in [5, 5.41) is 5.81. The summed E-state index contributed by atoms with van der Waals surface area (Å²) >= 11 is 6.06. The topological polar surface area (TPSA) is 67.4 Å². The van der Waals surface area contributed by atoms with E-state index in [9.17, 15) is 9.59 Å². The average molecular weight is 381 g/mol. The smallest absolute Gasteiger partial charge is 0.251 e. The Labute approximate surface area is 161 Å². The van der Waals surface area contributed by atoms with Crippen LogP contribution in [0.15, 0.2) is 78.9 Å². The van der Waals surface area contributed by atoms with E-state index in [4.69, 9.17) is 16.3 Å². The van der Waals surface area contributed by atoms with Crippen LogP contribution in [0.25, 0.3) is 0 Å². The quantitative estimate of drug-likeness (QED) is 0.661. The van der Waals surface area contributed by atoms with Gasteiger partial charge in [0.05, 0.1) is 11.6 Å². The molecule has 0 unspecified atom stereocenters. The van der Waals surface area contributed by atoms with E-state index in [-0.39, 0.29) is 18.4 Å². The van der Waals surface area contributed by atoms with Gasteiger partial charge in [-0.25, -0.2) is 0 Å². The Morgan fingerprint density at radius 3 is 2.22 bits per heavy atom. The standard InChI is InChI=1S/C21H17ClN2O3/c22-18-8-4-5-9-19(18)27-17-12-10-16(11-13-17)24-20(25)14-23-21(26)15-6-2-1-3-7-15/h1-13H,14H2,(H,23,26)(H,24,25). The summed E-state index contributed by atoms with van der Waals surface area (Å²) in [5.74, 6) is 0.534. The van der Waals surface area contributed by atoms with Crippen LogP contribution in [0, 0.1) is 0 Å². The van der Waals surface area contributed by atoms with Crippen LogP contribution >= 0.6 is 11.6 Å². The van der Waals surface area contributed by atoms with E-state index in [0.717, 1.165) is 0 Å². The van der Waals surface area contributed by atoms with Crippen LogP contribution in [0.3, 0.4) is 0 Å². The molecule has 0 aliphatic rings. The van der Waals surface area contributed by atoms with Gasteiger partial charge in [0.25, 0.3) is 5.91 Å². The van der Waals surface area contributed by atoms with Crippen molar-refractivity contribution in [2.45, 2.75) is 0 Å². The Kier molecular flexibility index (Phi) is 6.07. The first-order chi connectivity index (χ1) is 13.1. The van der Waals surface area contributed by atoms with Crippen molar-refractivity contribution >= 4 is 29.1 Å². The average Bonchev–Trinajstić information content (AvgIpc) is 2.70. The summed E-state index contributed by atoms with van der Waals surface area (Å²) in [4.78, 5) is 23.9. The number of carbonyl (C=O) groups excluding carboxylic acids is 2. The van der Waals surface area contributed by atoms with Crippen LogP contribution in [0.1, 0.15) is 10.4 Å². The second-order valence-corrected chi connectivity index (χ2v) is 6.06. The number of ether oxygens (including phenoxy) is 1. The van der Waals surface area contributed by atoms with Crippen LogP contribution in [0.4, 0.5) is 5.69 Å². The number of hydrogen-bond acceptors (Lipinski definition) is 3. The lowest BCUT2D eigenvalue weighted by atomic mass is 10.2. The van der Waals surface area contributed by atoms with Crippen LogP contribution < -0.4 is 15.4 Å². The molecule has 0 spiro atoms. The zero-order chi connectivity index (χ0) is 19.1. The maximum Gasteiger partial charge on any atom is 0.251 e. The fourth-order valence-electron chi connectivity index (χ4n) is 2.32. The summed E-state index contributed by atoms with van der Waals surface area (Å²) in [6, 6.07) is 22.8. The van der Waals surface area contributed by atoms with E-state index >= 15 is 0 Å². The minimum Gasteiger partial charge on any atom is -0.456 e. The number of amides is 2. The highest BCUT2D eigenvalue weighted by Crippen LogP contribution is 2.29. The highest BCUT2D eigenvalue weighted by Gasteiger charge is 2.08. The Morgan fingerprint density at radius 2 is 1.52 bits per heavy atom. The monoisotopic (exact) mass is 380 g/mol. The Balaban J connectivity index is 1.51. The van der Waals surface area contributed by atoms with Crippen LogP contribution in [0.2, 0.25) is 5.02 Å². The van der Waals surface area contributed by atoms with Gasteiger partial charge in [-0.3, -0.25) is 9.59 Å². The van der Waals surface area contributed by atoms with Gasteiger partial charge in [-0.05, 0) is 48.5 Å². The van der Waals surface area contributed by atoms with Crippen molar-refractivity contribution in [3.05, 3.63) is 89.4 Å². The van der Waals surface area contributed by atoms with E-state index in [1.165, 1.54) is 0 Å².